The zero-order valence-corrected chi connectivity index (χ0v) is 15.8. The van der Waals surface area contributed by atoms with Gasteiger partial charge in [-0.2, -0.15) is 0 Å². The van der Waals surface area contributed by atoms with Gasteiger partial charge in [0.1, 0.15) is 0 Å². The van der Waals surface area contributed by atoms with Crippen molar-refractivity contribution in [2.75, 3.05) is 24.6 Å². The predicted molar refractivity (Wildman–Crippen MR) is 103 cm³/mol. The first-order valence-corrected chi connectivity index (χ1v) is 9.67. The summed E-state index contributed by atoms with van der Waals surface area (Å²) in [5.74, 6) is 1.07. The zero-order valence-electron chi connectivity index (χ0n) is 15.0. The van der Waals surface area contributed by atoms with E-state index in [9.17, 15) is 4.79 Å². The predicted octanol–water partition coefficient (Wildman–Crippen LogP) is 3.59. The van der Waals surface area contributed by atoms with E-state index in [2.05, 4.69) is 9.89 Å². The summed E-state index contributed by atoms with van der Waals surface area (Å²) in [6, 6.07) is 7.56. The van der Waals surface area contributed by atoms with Crippen LogP contribution in [0.5, 0.6) is 0 Å². The van der Waals surface area contributed by atoms with Gasteiger partial charge in [-0.15, -0.1) is 0 Å². The minimum atomic E-state index is -0.281. The number of amidine groups is 1. The van der Waals surface area contributed by atoms with Crippen LogP contribution in [0.2, 0.25) is 0 Å². The molecular weight excluding hydrogens is 334 g/mol. The average molecular weight is 359 g/mol. The van der Waals surface area contributed by atoms with Gasteiger partial charge in [0.25, 0.3) is 0 Å². The molecule has 0 bridgehead atoms. The van der Waals surface area contributed by atoms with Crippen LogP contribution in [0.15, 0.2) is 40.5 Å². The van der Waals surface area contributed by atoms with Crippen molar-refractivity contribution in [2.24, 2.45) is 10.9 Å². The molecule has 0 amide bonds. The lowest BCUT2D eigenvalue weighted by Crippen LogP contribution is -2.42. The number of fused-ring (bicyclic) bond motifs is 1. The molecule has 3 rings (SSSR count). The highest BCUT2D eigenvalue weighted by Gasteiger charge is 2.37. The number of carbonyl (C=O) groups excluding carboxylic acids is 1. The molecule has 25 heavy (non-hydrogen) atoms. The summed E-state index contributed by atoms with van der Waals surface area (Å²) >= 11 is 1.74. The molecule has 1 aromatic carbocycles. The topological polar surface area (TPSA) is 67.9 Å². The van der Waals surface area contributed by atoms with Crippen LogP contribution < -0.4 is 5.73 Å². The van der Waals surface area contributed by atoms with Crippen molar-refractivity contribution in [1.82, 2.24) is 4.90 Å². The number of anilines is 1. The lowest BCUT2D eigenvalue weighted by Gasteiger charge is -2.40. The molecule has 1 aromatic rings. The van der Waals surface area contributed by atoms with Crippen molar-refractivity contribution in [3.63, 3.8) is 0 Å². The number of hydrogen-bond acceptors (Lipinski definition) is 6. The number of carbonyl (C=O) groups is 1. The molecular formula is C19H25N3O2S. The van der Waals surface area contributed by atoms with Gasteiger partial charge in [-0.1, -0.05) is 37.7 Å². The highest BCUT2D eigenvalue weighted by molar-refractivity contribution is 8.13. The first-order valence-electron chi connectivity index (χ1n) is 8.69. The fraction of sp³-hybridized carbons (Fsp3) is 0.474. The van der Waals surface area contributed by atoms with E-state index in [0.717, 1.165) is 35.1 Å². The molecule has 2 aliphatic heterocycles. The number of ether oxygens (including phenoxy) is 1. The molecule has 2 N–H and O–H groups in total. The fourth-order valence-electron chi connectivity index (χ4n) is 3.13. The number of nitrogens with two attached hydrogens (primary N) is 1. The Morgan fingerprint density at radius 1 is 1.48 bits per heavy atom. The lowest BCUT2D eigenvalue weighted by molar-refractivity contribution is -0.140. The van der Waals surface area contributed by atoms with Crippen molar-refractivity contribution in [3.8, 4) is 0 Å². The van der Waals surface area contributed by atoms with Gasteiger partial charge in [-0.25, -0.2) is 9.79 Å². The van der Waals surface area contributed by atoms with E-state index in [4.69, 9.17) is 10.5 Å². The third kappa shape index (κ3) is 3.84. The van der Waals surface area contributed by atoms with Crippen molar-refractivity contribution in [1.29, 1.82) is 0 Å². The van der Waals surface area contributed by atoms with Crippen LogP contribution in [0.25, 0.3) is 0 Å². The highest BCUT2D eigenvalue weighted by atomic mass is 32.2. The Balaban J connectivity index is 2.02. The number of benzene rings is 1. The second kappa shape index (κ2) is 7.52. The van der Waals surface area contributed by atoms with E-state index in [0.29, 0.717) is 23.8 Å². The lowest BCUT2D eigenvalue weighted by atomic mass is 9.94. The monoisotopic (exact) mass is 359 g/mol. The molecule has 134 valence electrons. The van der Waals surface area contributed by atoms with E-state index in [-0.39, 0.29) is 12.0 Å². The standard InChI is InChI=1S/C19H25N3O2S/c1-12(2)11-24-18(23)16-13(3)21-19-22(8-5-9-25-19)17(16)14-6-4-7-15(20)10-14/h4,6-7,10,12,17H,5,8-9,11,20H2,1-3H3. The van der Waals surface area contributed by atoms with Crippen LogP contribution in [0.1, 0.15) is 38.8 Å². The summed E-state index contributed by atoms with van der Waals surface area (Å²) in [5, 5.41) is 0.983. The largest absolute Gasteiger partial charge is 0.462 e. The zero-order chi connectivity index (χ0) is 18.0. The Bertz CT molecular complexity index is 727. The third-order valence-corrected chi connectivity index (χ3v) is 5.33. The Labute approximate surface area is 153 Å². The van der Waals surface area contributed by atoms with E-state index in [1.807, 2.05) is 45.0 Å². The molecule has 1 fully saturated rings. The molecule has 1 saturated heterocycles. The van der Waals surface area contributed by atoms with Crippen LogP contribution in [-0.4, -0.2) is 34.9 Å². The highest BCUT2D eigenvalue weighted by Crippen LogP contribution is 2.40. The summed E-state index contributed by atoms with van der Waals surface area (Å²) in [6.45, 7) is 7.24. The van der Waals surface area contributed by atoms with Crippen LogP contribution in [0.4, 0.5) is 5.69 Å². The number of allylic oxidation sites excluding steroid dienone is 1. The summed E-state index contributed by atoms with van der Waals surface area (Å²) in [5.41, 5.74) is 9.06. The maximum absolute atomic E-state index is 12.8. The van der Waals surface area contributed by atoms with Gasteiger partial charge in [-0.3, -0.25) is 0 Å². The maximum Gasteiger partial charge on any atom is 0.338 e. The molecule has 0 spiro atoms. The van der Waals surface area contributed by atoms with Gasteiger partial charge < -0.3 is 15.4 Å². The molecule has 2 heterocycles. The molecule has 6 heteroatoms. The number of aliphatic imine (C=N–C) groups is 1. The maximum atomic E-state index is 12.8. The normalized spacial score (nSPS) is 20.4. The second-order valence-corrected chi connectivity index (χ2v) is 7.92. The van der Waals surface area contributed by atoms with Gasteiger partial charge in [0.05, 0.1) is 23.9 Å². The second-order valence-electron chi connectivity index (χ2n) is 6.85. The minimum Gasteiger partial charge on any atom is -0.462 e. The molecule has 2 aliphatic rings. The van der Waals surface area contributed by atoms with E-state index in [1.54, 1.807) is 11.8 Å². The SMILES string of the molecule is CC1=C(C(=O)OCC(C)C)C(c2cccc(N)c2)N2CCCSC2=N1. The smallest absolute Gasteiger partial charge is 0.338 e. The van der Waals surface area contributed by atoms with Gasteiger partial charge >= 0.3 is 5.97 Å². The molecule has 0 saturated carbocycles. The van der Waals surface area contributed by atoms with E-state index >= 15 is 0 Å². The Morgan fingerprint density at radius 3 is 3.00 bits per heavy atom. The molecule has 5 nitrogen and oxygen atoms in total. The van der Waals surface area contributed by atoms with Crippen molar-refractivity contribution in [2.45, 2.75) is 33.2 Å². The first kappa shape index (κ1) is 17.9. The summed E-state index contributed by atoms with van der Waals surface area (Å²) < 4.78 is 5.54. The fourth-order valence-corrected chi connectivity index (χ4v) is 4.15. The first-order chi connectivity index (χ1) is 12.0. The van der Waals surface area contributed by atoms with Crippen LogP contribution in [-0.2, 0) is 9.53 Å². The molecule has 0 aliphatic carbocycles. The number of nitrogen functional groups attached to an aromatic ring is 1. The van der Waals surface area contributed by atoms with E-state index < -0.39 is 0 Å². The molecule has 0 radical (unpaired) electrons. The molecule has 1 atom stereocenters. The summed E-state index contributed by atoms with van der Waals surface area (Å²) in [4.78, 5) is 19.7. The van der Waals surface area contributed by atoms with Crippen LogP contribution in [0, 0.1) is 5.92 Å². The van der Waals surface area contributed by atoms with Crippen LogP contribution >= 0.6 is 11.8 Å². The van der Waals surface area contributed by atoms with Crippen LogP contribution in [0.3, 0.4) is 0 Å². The van der Waals surface area contributed by atoms with Gasteiger partial charge in [0.2, 0.25) is 0 Å². The van der Waals surface area contributed by atoms with Crippen molar-refractivity contribution < 1.29 is 9.53 Å². The third-order valence-electron chi connectivity index (χ3n) is 4.25. The Hall–Kier alpha value is -1.95. The Morgan fingerprint density at radius 2 is 2.28 bits per heavy atom. The number of rotatable bonds is 4. The van der Waals surface area contributed by atoms with Gasteiger partial charge in [0.15, 0.2) is 5.17 Å². The Kier molecular flexibility index (Phi) is 5.37. The summed E-state index contributed by atoms with van der Waals surface area (Å²) in [7, 11) is 0. The van der Waals surface area contributed by atoms with Gasteiger partial charge in [-0.05, 0) is 37.0 Å². The number of esters is 1. The number of thioether (sulfide) groups is 1. The van der Waals surface area contributed by atoms with Gasteiger partial charge in [0, 0.05) is 18.0 Å². The number of nitrogens with zero attached hydrogens (tertiary/aromatic N) is 2. The van der Waals surface area contributed by atoms with Crippen molar-refractivity contribution in [3.05, 3.63) is 41.1 Å². The van der Waals surface area contributed by atoms with E-state index in [1.165, 1.54) is 0 Å². The number of hydrogen-bond donors (Lipinski definition) is 1. The quantitative estimate of drug-likeness (QED) is 0.657. The summed E-state index contributed by atoms with van der Waals surface area (Å²) in [6.07, 6.45) is 1.07. The van der Waals surface area contributed by atoms with Crippen molar-refractivity contribution >= 4 is 28.6 Å². The molecule has 1 unspecified atom stereocenters. The molecule has 0 aromatic heterocycles. The minimum absolute atomic E-state index is 0.191. The average Bonchev–Trinajstić information content (AvgIpc) is 2.58.